The molecule has 0 radical (unpaired) electrons. The van der Waals surface area contributed by atoms with Gasteiger partial charge >= 0.3 is 0 Å². The van der Waals surface area contributed by atoms with E-state index in [0.717, 1.165) is 19.5 Å². The van der Waals surface area contributed by atoms with E-state index in [4.69, 9.17) is 0 Å². The summed E-state index contributed by atoms with van der Waals surface area (Å²) in [6, 6.07) is 0. The van der Waals surface area contributed by atoms with Crippen molar-refractivity contribution >= 4 is 0 Å². The van der Waals surface area contributed by atoms with Gasteiger partial charge in [-0.1, -0.05) is 5.18 Å². The second-order valence-corrected chi connectivity index (χ2v) is 3.79. The van der Waals surface area contributed by atoms with E-state index in [0.29, 0.717) is 5.92 Å². The zero-order chi connectivity index (χ0) is 8.32. The molecular formula is C8H16N2O. The third-order valence-electron chi connectivity index (χ3n) is 2.53. The van der Waals surface area contributed by atoms with Crippen LogP contribution >= 0.6 is 0 Å². The summed E-state index contributed by atoms with van der Waals surface area (Å²) in [5.74, 6) is 0.425. The molecule has 1 saturated heterocycles. The molecule has 0 amide bonds. The number of nitroso groups, excluding NO2 is 1. The molecule has 1 N–H and O–H groups in total. The lowest BCUT2D eigenvalue weighted by atomic mass is 9.83. The minimum atomic E-state index is -0.382. The molecule has 0 aliphatic carbocycles. The highest BCUT2D eigenvalue weighted by Gasteiger charge is 2.31. The monoisotopic (exact) mass is 156 g/mol. The first kappa shape index (κ1) is 8.65. The second kappa shape index (κ2) is 3.30. The van der Waals surface area contributed by atoms with Crippen molar-refractivity contribution in [1.82, 2.24) is 5.32 Å². The van der Waals surface area contributed by atoms with E-state index in [-0.39, 0.29) is 5.54 Å². The van der Waals surface area contributed by atoms with Crippen molar-refractivity contribution in [3.63, 3.8) is 0 Å². The average molecular weight is 156 g/mol. The molecule has 0 bridgehead atoms. The Balaban J connectivity index is 2.50. The topological polar surface area (TPSA) is 41.5 Å². The first-order valence-corrected chi connectivity index (χ1v) is 4.22. The van der Waals surface area contributed by atoms with Crippen LogP contribution in [0.3, 0.4) is 0 Å². The smallest absolute Gasteiger partial charge is 0.101 e. The summed E-state index contributed by atoms with van der Waals surface area (Å²) in [6.45, 7) is 5.86. The lowest BCUT2D eigenvalue weighted by Gasteiger charge is -2.31. The molecule has 1 unspecified atom stereocenters. The van der Waals surface area contributed by atoms with Crippen molar-refractivity contribution in [2.45, 2.75) is 32.2 Å². The van der Waals surface area contributed by atoms with Crippen LogP contribution in [0, 0.1) is 10.8 Å². The number of hydrogen-bond acceptors (Lipinski definition) is 3. The Hall–Kier alpha value is -0.440. The molecule has 0 saturated carbocycles. The van der Waals surface area contributed by atoms with Crippen molar-refractivity contribution in [3.8, 4) is 0 Å². The molecule has 1 aliphatic heterocycles. The fraction of sp³-hybridized carbons (Fsp3) is 1.00. The molecule has 64 valence electrons. The summed E-state index contributed by atoms with van der Waals surface area (Å²) in [5.41, 5.74) is -0.382. The molecule has 1 heterocycles. The van der Waals surface area contributed by atoms with Gasteiger partial charge in [-0.15, -0.1) is 0 Å². The van der Waals surface area contributed by atoms with Gasteiger partial charge in [0.05, 0.1) is 0 Å². The quantitative estimate of drug-likeness (QED) is 0.616. The molecule has 1 aliphatic rings. The van der Waals surface area contributed by atoms with E-state index in [1.807, 2.05) is 13.8 Å². The zero-order valence-corrected chi connectivity index (χ0v) is 7.26. The van der Waals surface area contributed by atoms with Crippen LogP contribution in [0.1, 0.15) is 26.7 Å². The Morgan fingerprint density at radius 3 is 2.73 bits per heavy atom. The molecule has 1 fully saturated rings. The van der Waals surface area contributed by atoms with E-state index in [1.165, 1.54) is 6.42 Å². The highest BCUT2D eigenvalue weighted by molar-refractivity contribution is 4.88. The average Bonchev–Trinajstić information content (AvgIpc) is 2.06. The van der Waals surface area contributed by atoms with Gasteiger partial charge in [0.15, 0.2) is 0 Å². The van der Waals surface area contributed by atoms with Gasteiger partial charge in [-0.05, 0) is 39.2 Å². The van der Waals surface area contributed by atoms with E-state index >= 15 is 0 Å². The largest absolute Gasteiger partial charge is 0.316 e. The molecule has 1 rings (SSSR count). The van der Waals surface area contributed by atoms with Gasteiger partial charge in [-0.3, -0.25) is 0 Å². The van der Waals surface area contributed by atoms with Crippen LogP contribution in [0.4, 0.5) is 0 Å². The van der Waals surface area contributed by atoms with Gasteiger partial charge in [-0.25, -0.2) is 0 Å². The minimum Gasteiger partial charge on any atom is -0.316 e. The Labute approximate surface area is 67.5 Å². The van der Waals surface area contributed by atoms with E-state index < -0.39 is 0 Å². The van der Waals surface area contributed by atoms with Crippen molar-refractivity contribution in [1.29, 1.82) is 0 Å². The number of nitrogens with zero attached hydrogens (tertiary/aromatic N) is 1. The molecule has 0 aromatic heterocycles. The molecule has 0 spiro atoms. The number of hydrogen-bond donors (Lipinski definition) is 1. The summed E-state index contributed by atoms with van der Waals surface area (Å²) in [7, 11) is 0. The summed E-state index contributed by atoms with van der Waals surface area (Å²) >= 11 is 0. The van der Waals surface area contributed by atoms with Gasteiger partial charge in [0.2, 0.25) is 0 Å². The van der Waals surface area contributed by atoms with Crippen molar-refractivity contribution in [3.05, 3.63) is 4.91 Å². The Bertz CT molecular complexity index is 139. The summed E-state index contributed by atoms with van der Waals surface area (Å²) < 4.78 is 0. The van der Waals surface area contributed by atoms with Gasteiger partial charge in [-0.2, -0.15) is 4.91 Å². The number of nitrogens with one attached hydrogen (secondary N) is 1. The van der Waals surface area contributed by atoms with Crippen LogP contribution in [0.25, 0.3) is 0 Å². The van der Waals surface area contributed by atoms with Crippen LogP contribution in [0.5, 0.6) is 0 Å². The first-order valence-electron chi connectivity index (χ1n) is 4.22. The lowest BCUT2D eigenvalue weighted by Crippen LogP contribution is -2.40. The first-order chi connectivity index (χ1) is 5.17. The van der Waals surface area contributed by atoms with Crippen LogP contribution < -0.4 is 5.32 Å². The van der Waals surface area contributed by atoms with E-state index in [9.17, 15) is 4.91 Å². The summed E-state index contributed by atoms with van der Waals surface area (Å²) in [6.07, 6.45) is 2.30. The lowest BCUT2D eigenvalue weighted by molar-refractivity contribution is 0.256. The zero-order valence-electron chi connectivity index (χ0n) is 7.26. The highest BCUT2D eigenvalue weighted by Crippen LogP contribution is 2.26. The molecular weight excluding hydrogens is 140 g/mol. The van der Waals surface area contributed by atoms with Crippen molar-refractivity contribution in [2.75, 3.05) is 13.1 Å². The standard InChI is InChI=1S/C8H16N2O/c1-8(2,10-11)7-4-3-5-9-6-7/h7,9H,3-6H2,1-2H3. The molecule has 3 heteroatoms. The predicted molar refractivity (Wildman–Crippen MR) is 45.5 cm³/mol. The van der Waals surface area contributed by atoms with Gasteiger partial charge in [0, 0.05) is 6.54 Å². The molecule has 1 atom stereocenters. The van der Waals surface area contributed by atoms with Crippen LogP contribution in [0.2, 0.25) is 0 Å². The maximum absolute atomic E-state index is 10.4. The summed E-state index contributed by atoms with van der Waals surface area (Å²) in [5, 5.41) is 6.43. The van der Waals surface area contributed by atoms with E-state index in [2.05, 4.69) is 10.5 Å². The number of piperidine rings is 1. The van der Waals surface area contributed by atoms with Gasteiger partial charge in [0.1, 0.15) is 5.54 Å². The molecule has 0 aromatic carbocycles. The molecule has 11 heavy (non-hydrogen) atoms. The van der Waals surface area contributed by atoms with Crippen LogP contribution in [-0.2, 0) is 0 Å². The Kier molecular flexibility index (Phi) is 2.60. The van der Waals surface area contributed by atoms with Crippen molar-refractivity contribution in [2.24, 2.45) is 11.1 Å². The predicted octanol–water partition coefficient (Wildman–Crippen LogP) is 1.53. The second-order valence-electron chi connectivity index (χ2n) is 3.79. The van der Waals surface area contributed by atoms with Crippen molar-refractivity contribution < 1.29 is 0 Å². The van der Waals surface area contributed by atoms with E-state index in [1.54, 1.807) is 0 Å². The van der Waals surface area contributed by atoms with Crippen LogP contribution in [-0.4, -0.2) is 18.6 Å². The molecule has 3 nitrogen and oxygen atoms in total. The maximum Gasteiger partial charge on any atom is 0.101 e. The number of rotatable bonds is 2. The third-order valence-corrected chi connectivity index (χ3v) is 2.53. The minimum absolute atomic E-state index is 0.382. The van der Waals surface area contributed by atoms with Crippen LogP contribution in [0.15, 0.2) is 5.18 Å². The van der Waals surface area contributed by atoms with Gasteiger partial charge in [0.25, 0.3) is 0 Å². The normalized spacial score (nSPS) is 26.5. The summed E-state index contributed by atoms with van der Waals surface area (Å²) in [4.78, 5) is 10.4. The maximum atomic E-state index is 10.4. The fourth-order valence-corrected chi connectivity index (χ4v) is 1.53. The Morgan fingerprint density at radius 1 is 1.55 bits per heavy atom. The fourth-order valence-electron chi connectivity index (χ4n) is 1.53. The molecule has 0 aromatic rings. The third kappa shape index (κ3) is 1.99. The Morgan fingerprint density at radius 2 is 2.27 bits per heavy atom. The SMILES string of the molecule is CC(C)(N=O)C1CCCNC1. The van der Waals surface area contributed by atoms with Gasteiger partial charge < -0.3 is 5.32 Å². The highest BCUT2D eigenvalue weighted by atomic mass is 16.3.